The molecule has 4 heteroatoms. The molecule has 0 aromatic heterocycles. The van der Waals surface area contributed by atoms with E-state index in [-0.39, 0.29) is 11.9 Å². The number of hydrogen-bond donors (Lipinski definition) is 2. The van der Waals surface area contributed by atoms with Crippen molar-refractivity contribution in [2.75, 3.05) is 26.3 Å². The Morgan fingerprint density at radius 3 is 2.73 bits per heavy atom. The molecule has 4 nitrogen and oxygen atoms in total. The maximum Gasteiger partial charge on any atom is 0.221 e. The lowest BCUT2D eigenvalue weighted by Crippen LogP contribution is -2.34. The maximum atomic E-state index is 11.4. The van der Waals surface area contributed by atoms with Gasteiger partial charge in [0.15, 0.2) is 0 Å². The Morgan fingerprint density at radius 2 is 2.13 bits per heavy atom. The first-order valence-corrected chi connectivity index (χ1v) is 5.78. The second-order valence-corrected chi connectivity index (χ2v) is 3.56. The van der Waals surface area contributed by atoms with Crippen LogP contribution in [-0.4, -0.2) is 38.3 Å². The zero-order chi connectivity index (χ0) is 11.5. The van der Waals surface area contributed by atoms with Crippen LogP contribution in [0.2, 0.25) is 0 Å². The fraction of sp³-hybridized carbons (Fsp3) is 0.909. The van der Waals surface area contributed by atoms with E-state index in [2.05, 4.69) is 10.6 Å². The molecule has 0 aliphatic heterocycles. The normalized spacial score (nSPS) is 12.5. The summed E-state index contributed by atoms with van der Waals surface area (Å²) in [7, 11) is 0. The van der Waals surface area contributed by atoms with Crippen molar-refractivity contribution in [2.45, 2.75) is 39.7 Å². The van der Waals surface area contributed by atoms with E-state index < -0.39 is 0 Å². The SMILES string of the molecule is CCNC(C)CC(=O)NCCCOCC. The van der Waals surface area contributed by atoms with Crippen molar-refractivity contribution >= 4 is 5.91 Å². The largest absolute Gasteiger partial charge is 0.382 e. The molecule has 0 bridgehead atoms. The van der Waals surface area contributed by atoms with Gasteiger partial charge in [0.2, 0.25) is 5.91 Å². The molecule has 0 radical (unpaired) electrons. The Hall–Kier alpha value is -0.610. The van der Waals surface area contributed by atoms with Crippen molar-refractivity contribution in [1.82, 2.24) is 10.6 Å². The summed E-state index contributed by atoms with van der Waals surface area (Å²) in [6.07, 6.45) is 1.43. The summed E-state index contributed by atoms with van der Waals surface area (Å²) in [5.74, 6) is 0.111. The topological polar surface area (TPSA) is 50.4 Å². The number of carbonyl (C=O) groups excluding carboxylic acids is 1. The van der Waals surface area contributed by atoms with Gasteiger partial charge in [-0.15, -0.1) is 0 Å². The average molecular weight is 216 g/mol. The predicted octanol–water partition coefficient (Wildman–Crippen LogP) is 0.917. The fourth-order valence-corrected chi connectivity index (χ4v) is 1.32. The van der Waals surface area contributed by atoms with Gasteiger partial charge in [-0.05, 0) is 26.8 Å². The molecule has 0 aliphatic carbocycles. The smallest absolute Gasteiger partial charge is 0.221 e. The van der Waals surface area contributed by atoms with Crippen molar-refractivity contribution in [3.05, 3.63) is 0 Å². The molecule has 0 spiro atoms. The van der Waals surface area contributed by atoms with E-state index in [0.717, 1.165) is 26.2 Å². The van der Waals surface area contributed by atoms with Gasteiger partial charge in [-0.25, -0.2) is 0 Å². The molecule has 0 saturated carbocycles. The quantitative estimate of drug-likeness (QED) is 0.563. The molecule has 0 saturated heterocycles. The first-order valence-electron chi connectivity index (χ1n) is 5.78. The Labute approximate surface area is 92.8 Å². The first kappa shape index (κ1) is 14.4. The van der Waals surface area contributed by atoms with Gasteiger partial charge in [0.05, 0.1) is 0 Å². The average Bonchev–Trinajstić information content (AvgIpc) is 2.17. The summed E-state index contributed by atoms with van der Waals surface area (Å²) in [5.41, 5.74) is 0. The van der Waals surface area contributed by atoms with Crippen LogP contribution in [0, 0.1) is 0 Å². The number of nitrogens with one attached hydrogen (secondary N) is 2. The first-order chi connectivity index (χ1) is 7.20. The van der Waals surface area contributed by atoms with Gasteiger partial charge in [-0.2, -0.15) is 0 Å². The third-order valence-corrected chi connectivity index (χ3v) is 2.04. The molecule has 0 rings (SSSR count). The summed E-state index contributed by atoms with van der Waals surface area (Å²) in [5, 5.41) is 6.07. The van der Waals surface area contributed by atoms with Crippen molar-refractivity contribution < 1.29 is 9.53 Å². The van der Waals surface area contributed by atoms with Crippen molar-refractivity contribution in [3.8, 4) is 0 Å². The maximum absolute atomic E-state index is 11.4. The van der Waals surface area contributed by atoms with Crippen LogP contribution >= 0.6 is 0 Å². The van der Waals surface area contributed by atoms with Crippen molar-refractivity contribution in [1.29, 1.82) is 0 Å². The number of hydrogen-bond acceptors (Lipinski definition) is 3. The monoisotopic (exact) mass is 216 g/mol. The van der Waals surface area contributed by atoms with Crippen molar-refractivity contribution in [2.24, 2.45) is 0 Å². The molecule has 0 aromatic rings. The van der Waals surface area contributed by atoms with E-state index in [1.165, 1.54) is 0 Å². The highest BCUT2D eigenvalue weighted by atomic mass is 16.5. The number of amides is 1. The Balaban J connectivity index is 3.32. The van der Waals surface area contributed by atoms with Gasteiger partial charge in [0, 0.05) is 32.2 Å². The molecule has 0 aliphatic rings. The molecular weight excluding hydrogens is 192 g/mol. The number of rotatable bonds is 9. The van der Waals surface area contributed by atoms with Gasteiger partial charge >= 0.3 is 0 Å². The molecule has 15 heavy (non-hydrogen) atoms. The molecule has 1 atom stereocenters. The van der Waals surface area contributed by atoms with E-state index in [0.29, 0.717) is 13.0 Å². The molecular formula is C11H24N2O2. The van der Waals surface area contributed by atoms with E-state index in [9.17, 15) is 4.79 Å². The Bertz CT molecular complexity index is 163. The van der Waals surface area contributed by atoms with Crippen LogP contribution in [0.1, 0.15) is 33.6 Å². The summed E-state index contributed by atoms with van der Waals surface area (Å²) in [6.45, 7) is 9.10. The van der Waals surface area contributed by atoms with Crippen LogP contribution in [0.25, 0.3) is 0 Å². The lowest BCUT2D eigenvalue weighted by Gasteiger charge is -2.11. The van der Waals surface area contributed by atoms with Gasteiger partial charge in [-0.3, -0.25) is 4.79 Å². The molecule has 1 unspecified atom stereocenters. The molecule has 90 valence electrons. The lowest BCUT2D eigenvalue weighted by atomic mass is 10.2. The highest BCUT2D eigenvalue weighted by molar-refractivity contribution is 5.76. The number of ether oxygens (including phenoxy) is 1. The van der Waals surface area contributed by atoms with Crippen LogP contribution in [0.15, 0.2) is 0 Å². The fourth-order valence-electron chi connectivity index (χ4n) is 1.32. The lowest BCUT2D eigenvalue weighted by molar-refractivity contribution is -0.121. The number of carbonyl (C=O) groups is 1. The molecule has 0 fully saturated rings. The van der Waals surface area contributed by atoms with Gasteiger partial charge in [-0.1, -0.05) is 6.92 Å². The minimum Gasteiger partial charge on any atom is -0.382 e. The molecule has 2 N–H and O–H groups in total. The van der Waals surface area contributed by atoms with Crippen LogP contribution in [0.5, 0.6) is 0 Å². The molecule has 1 amide bonds. The Morgan fingerprint density at radius 1 is 1.40 bits per heavy atom. The predicted molar refractivity (Wildman–Crippen MR) is 61.9 cm³/mol. The molecule has 0 aromatic carbocycles. The minimum absolute atomic E-state index is 0.111. The highest BCUT2D eigenvalue weighted by Gasteiger charge is 2.06. The third-order valence-electron chi connectivity index (χ3n) is 2.04. The van der Waals surface area contributed by atoms with Crippen LogP contribution in [-0.2, 0) is 9.53 Å². The third kappa shape index (κ3) is 9.69. The zero-order valence-corrected chi connectivity index (χ0v) is 10.1. The van der Waals surface area contributed by atoms with Crippen LogP contribution in [0.3, 0.4) is 0 Å². The minimum atomic E-state index is 0.111. The van der Waals surface area contributed by atoms with Gasteiger partial charge in [0.25, 0.3) is 0 Å². The second kappa shape index (κ2) is 9.93. The van der Waals surface area contributed by atoms with E-state index in [1.54, 1.807) is 0 Å². The van der Waals surface area contributed by atoms with E-state index in [1.807, 2.05) is 20.8 Å². The van der Waals surface area contributed by atoms with E-state index >= 15 is 0 Å². The standard InChI is InChI=1S/C11H24N2O2/c1-4-12-10(3)9-11(14)13-7-6-8-15-5-2/h10,12H,4-9H2,1-3H3,(H,13,14). The van der Waals surface area contributed by atoms with Gasteiger partial charge in [0.1, 0.15) is 0 Å². The summed E-state index contributed by atoms with van der Waals surface area (Å²) in [6, 6.07) is 0.252. The van der Waals surface area contributed by atoms with Crippen molar-refractivity contribution in [3.63, 3.8) is 0 Å². The summed E-state index contributed by atoms with van der Waals surface area (Å²) < 4.78 is 5.17. The Kier molecular flexibility index (Phi) is 9.52. The summed E-state index contributed by atoms with van der Waals surface area (Å²) in [4.78, 5) is 11.4. The van der Waals surface area contributed by atoms with Gasteiger partial charge < -0.3 is 15.4 Å². The molecule has 0 heterocycles. The van der Waals surface area contributed by atoms with Crippen LogP contribution in [0.4, 0.5) is 0 Å². The van der Waals surface area contributed by atoms with Crippen LogP contribution < -0.4 is 10.6 Å². The zero-order valence-electron chi connectivity index (χ0n) is 10.1. The highest BCUT2D eigenvalue weighted by Crippen LogP contribution is 1.90. The van der Waals surface area contributed by atoms with E-state index in [4.69, 9.17) is 4.74 Å². The summed E-state index contributed by atoms with van der Waals surface area (Å²) >= 11 is 0. The second-order valence-electron chi connectivity index (χ2n) is 3.56.